The van der Waals surface area contributed by atoms with E-state index in [1.807, 2.05) is 0 Å². The maximum atomic E-state index is 10.9. The van der Waals surface area contributed by atoms with E-state index >= 15 is 0 Å². The minimum atomic E-state index is -0.741. The van der Waals surface area contributed by atoms with Gasteiger partial charge < -0.3 is 10.2 Å². The van der Waals surface area contributed by atoms with Gasteiger partial charge in [0.05, 0.1) is 0 Å². The molecule has 20 heavy (non-hydrogen) atoms. The van der Waals surface area contributed by atoms with Crippen molar-refractivity contribution in [2.75, 3.05) is 0 Å². The molecule has 0 aliphatic heterocycles. The van der Waals surface area contributed by atoms with Crippen LogP contribution in [0.25, 0.3) is 0 Å². The van der Waals surface area contributed by atoms with Gasteiger partial charge in [0.15, 0.2) is 0 Å². The van der Waals surface area contributed by atoms with E-state index in [1.54, 1.807) is 0 Å². The number of carbonyl (C=O) groups is 2. The van der Waals surface area contributed by atoms with Crippen LogP contribution in [0.3, 0.4) is 0 Å². The third-order valence-electron chi connectivity index (χ3n) is 3.84. The molecule has 4 heteroatoms. The van der Waals surface area contributed by atoms with E-state index in [4.69, 9.17) is 10.2 Å². The molecule has 0 saturated heterocycles. The highest BCUT2D eigenvalue weighted by atomic mass is 16.4. The first-order valence-electron chi connectivity index (χ1n) is 7.93. The topological polar surface area (TPSA) is 74.6 Å². The van der Waals surface area contributed by atoms with E-state index in [0.717, 1.165) is 51.4 Å². The summed E-state index contributed by atoms with van der Waals surface area (Å²) >= 11 is 0. The van der Waals surface area contributed by atoms with Crippen LogP contribution in [0.4, 0.5) is 0 Å². The van der Waals surface area contributed by atoms with Crippen LogP contribution in [0.15, 0.2) is 0 Å². The molecular weight excluding hydrogens is 256 g/mol. The second kappa shape index (κ2) is 11.7. The van der Waals surface area contributed by atoms with E-state index < -0.39 is 11.9 Å². The van der Waals surface area contributed by atoms with E-state index in [9.17, 15) is 9.59 Å². The fourth-order valence-electron chi connectivity index (χ4n) is 2.65. The maximum absolute atomic E-state index is 10.9. The molecule has 2 atom stereocenters. The van der Waals surface area contributed by atoms with Gasteiger partial charge in [0.2, 0.25) is 0 Å². The van der Waals surface area contributed by atoms with Crippen molar-refractivity contribution >= 4 is 11.9 Å². The highest BCUT2D eigenvalue weighted by Gasteiger charge is 2.18. The molecule has 0 spiro atoms. The molecule has 0 bridgehead atoms. The predicted octanol–water partition coefficient (Wildman–Crippen LogP) is 4.33. The van der Waals surface area contributed by atoms with Crippen LogP contribution < -0.4 is 0 Å². The summed E-state index contributed by atoms with van der Waals surface area (Å²) in [5, 5.41) is 17.9. The van der Waals surface area contributed by atoms with Crippen LogP contribution >= 0.6 is 0 Å². The number of hydrogen-bond acceptors (Lipinski definition) is 2. The molecule has 2 unspecified atom stereocenters. The normalized spacial score (nSPS) is 13.9. The summed E-state index contributed by atoms with van der Waals surface area (Å²) in [5.74, 6) is -1.08. The van der Waals surface area contributed by atoms with Gasteiger partial charge in [0.1, 0.15) is 0 Å². The van der Waals surface area contributed by atoms with Crippen molar-refractivity contribution in [3.05, 3.63) is 0 Å². The second-order valence-electron chi connectivity index (χ2n) is 5.79. The van der Waals surface area contributed by atoms with Crippen molar-refractivity contribution in [1.82, 2.24) is 0 Å². The van der Waals surface area contributed by atoms with Gasteiger partial charge in [-0.15, -0.1) is 0 Å². The lowest BCUT2D eigenvalue weighted by Crippen LogP contribution is -2.13. The molecule has 0 fully saturated rings. The molecule has 118 valence electrons. The van der Waals surface area contributed by atoms with Crippen LogP contribution in [0, 0.1) is 11.8 Å². The van der Waals surface area contributed by atoms with Crippen molar-refractivity contribution in [2.24, 2.45) is 11.8 Å². The van der Waals surface area contributed by atoms with Crippen molar-refractivity contribution in [3.63, 3.8) is 0 Å². The molecule has 0 rings (SSSR count). The lowest BCUT2D eigenvalue weighted by atomic mass is 9.86. The van der Waals surface area contributed by atoms with Crippen molar-refractivity contribution in [1.29, 1.82) is 0 Å². The molecule has 4 nitrogen and oxygen atoms in total. The Kier molecular flexibility index (Phi) is 11.1. The SMILES string of the molecule is CCCCC(CCC(CCCC)CC(=O)O)CC(=O)O. The van der Waals surface area contributed by atoms with Gasteiger partial charge >= 0.3 is 11.9 Å². The summed E-state index contributed by atoms with van der Waals surface area (Å²) in [6.45, 7) is 4.21. The molecule has 0 aliphatic rings. The number of unbranched alkanes of at least 4 members (excludes halogenated alkanes) is 2. The third-order valence-corrected chi connectivity index (χ3v) is 3.84. The Morgan fingerprint density at radius 2 is 1.10 bits per heavy atom. The molecule has 0 aromatic carbocycles. The quantitative estimate of drug-likeness (QED) is 0.528. The first-order valence-corrected chi connectivity index (χ1v) is 7.93. The smallest absolute Gasteiger partial charge is 0.303 e. The highest BCUT2D eigenvalue weighted by Crippen LogP contribution is 2.25. The summed E-state index contributed by atoms with van der Waals surface area (Å²) in [7, 11) is 0. The zero-order valence-electron chi connectivity index (χ0n) is 12.9. The monoisotopic (exact) mass is 286 g/mol. The predicted molar refractivity (Wildman–Crippen MR) is 79.8 cm³/mol. The van der Waals surface area contributed by atoms with Gasteiger partial charge in [0.25, 0.3) is 0 Å². The third kappa shape index (κ3) is 10.8. The number of rotatable bonds is 13. The van der Waals surface area contributed by atoms with Crippen LogP contribution in [-0.4, -0.2) is 22.2 Å². The number of carboxylic acid groups (broad SMARTS) is 2. The van der Waals surface area contributed by atoms with E-state index in [2.05, 4.69) is 13.8 Å². The zero-order chi connectivity index (χ0) is 15.4. The summed E-state index contributed by atoms with van der Waals surface area (Å²) in [5.41, 5.74) is 0. The fourth-order valence-corrected chi connectivity index (χ4v) is 2.65. The minimum absolute atomic E-state index is 0.199. The molecule has 0 aromatic rings. The first-order chi connectivity index (χ1) is 9.49. The molecule has 0 saturated carbocycles. The minimum Gasteiger partial charge on any atom is -0.481 e. The van der Waals surface area contributed by atoms with Gasteiger partial charge in [-0.25, -0.2) is 0 Å². The summed E-state index contributed by atoms with van der Waals surface area (Å²) < 4.78 is 0. The molecule has 0 radical (unpaired) electrons. The molecule has 0 aliphatic carbocycles. The van der Waals surface area contributed by atoms with Crippen LogP contribution in [-0.2, 0) is 9.59 Å². The van der Waals surface area contributed by atoms with Gasteiger partial charge in [-0.3, -0.25) is 9.59 Å². The van der Waals surface area contributed by atoms with Crippen molar-refractivity contribution in [3.8, 4) is 0 Å². The Morgan fingerprint density at radius 1 is 0.750 bits per heavy atom. The second-order valence-corrected chi connectivity index (χ2v) is 5.79. The Labute approximate surface area is 122 Å². The first kappa shape index (κ1) is 18.9. The van der Waals surface area contributed by atoms with Gasteiger partial charge in [-0.2, -0.15) is 0 Å². The zero-order valence-corrected chi connectivity index (χ0v) is 12.9. The molecule has 2 N–H and O–H groups in total. The van der Waals surface area contributed by atoms with Crippen molar-refractivity contribution < 1.29 is 19.8 Å². The van der Waals surface area contributed by atoms with Gasteiger partial charge in [-0.1, -0.05) is 39.5 Å². The average molecular weight is 286 g/mol. The lowest BCUT2D eigenvalue weighted by Gasteiger charge is -2.19. The summed E-state index contributed by atoms with van der Waals surface area (Å²) in [6, 6.07) is 0. The lowest BCUT2D eigenvalue weighted by molar-refractivity contribution is -0.139. The van der Waals surface area contributed by atoms with Gasteiger partial charge in [-0.05, 0) is 37.5 Å². The Bertz CT molecular complexity index is 248. The number of hydrogen-bond donors (Lipinski definition) is 2. The van der Waals surface area contributed by atoms with Crippen LogP contribution in [0.2, 0.25) is 0 Å². The Balaban J connectivity index is 4.26. The average Bonchev–Trinajstić information content (AvgIpc) is 2.37. The fraction of sp³-hybridized carbons (Fsp3) is 0.875. The highest BCUT2D eigenvalue weighted by molar-refractivity contribution is 5.67. The number of carboxylic acids is 2. The van der Waals surface area contributed by atoms with E-state index in [-0.39, 0.29) is 24.7 Å². The Hall–Kier alpha value is -1.06. The molecular formula is C16H30O4. The molecule has 0 aromatic heterocycles. The summed E-state index contributed by atoms with van der Waals surface area (Å²) in [6.07, 6.45) is 8.25. The van der Waals surface area contributed by atoms with Crippen LogP contribution in [0.1, 0.15) is 78.1 Å². The molecule has 0 amide bonds. The number of aliphatic carboxylic acids is 2. The van der Waals surface area contributed by atoms with Gasteiger partial charge in [0, 0.05) is 12.8 Å². The van der Waals surface area contributed by atoms with Crippen LogP contribution in [0.5, 0.6) is 0 Å². The standard InChI is InChI=1S/C16H30O4/c1-3-5-7-13(11-15(17)18)9-10-14(8-6-4-2)12-16(19)20/h13-14H,3-12H2,1-2H3,(H,17,18)(H,19,20). The molecule has 0 heterocycles. The van der Waals surface area contributed by atoms with Crippen molar-refractivity contribution in [2.45, 2.75) is 78.1 Å². The maximum Gasteiger partial charge on any atom is 0.303 e. The Morgan fingerprint density at radius 3 is 1.35 bits per heavy atom. The van der Waals surface area contributed by atoms with E-state index in [1.165, 1.54) is 0 Å². The van der Waals surface area contributed by atoms with E-state index in [0.29, 0.717) is 0 Å². The summed E-state index contributed by atoms with van der Waals surface area (Å²) in [4.78, 5) is 21.7. The largest absolute Gasteiger partial charge is 0.481 e.